The molecular formula is C26H40ClFN4O4. The molecule has 3 amide bonds. The van der Waals surface area contributed by atoms with E-state index in [-0.39, 0.29) is 42.2 Å². The molecule has 3 atom stereocenters. The summed E-state index contributed by atoms with van der Waals surface area (Å²) in [5.41, 5.74) is 0.338. The number of rotatable bonds is 10. The number of hydrogen-bond donors (Lipinski definition) is 3. The van der Waals surface area contributed by atoms with E-state index in [0.29, 0.717) is 18.7 Å². The number of nitrogens with one attached hydrogen (secondary N) is 2. The predicted octanol–water partition coefficient (Wildman–Crippen LogP) is 4.88. The van der Waals surface area contributed by atoms with Crippen LogP contribution in [0.2, 0.25) is 5.02 Å². The van der Waals surface area contributed by atoms with Crippen molar-refractivity contribution in [2.75, 3.05) is 39.8 Å². The number of nitrogens with zero attached hydrogens (tertiary/aromatic N) is 2. The predicted molar refractivity (Wildman–Crippen MR) is 138 cm³/mol. The third kappa shape index (κ3) is 7.46. The number of amides is 3. The van der Waals surface area contributed by atoms with E-state index in [9.17, 15) is 9.59 Å². The number of likely N-dealkylation sites (tertiary alicyclic amines) is 1. The van der Waals surface area contributed by atoms with Gasteiger partial charge in [0.2, 0.25) is 0 Å². The Morgan fingerprint density at radius 3 is 2.69 bits per heavy atom. The quantitative estimate of drug-likeness (QED) is 0.378. The van der Waals surface area contributed by atoms with Gasteiger partial charge in [-0.3, -0.25) is 0 Å². The largest absolute Gasteiger partial charge is 0.465 e. The maximum atomic E-state index is 15.0. The van der Waals surface area contributed by atoms with E-state index in [4.69, 9.17) is 21.4 Å². The Morgan fingerprint density at radius 2 is 2.00 bits per heavy atom. The number of piperidine rings is 1. The van der Waals surface area contributed by atoms with Crippen LogP contribution in [0.15, 0.2) is 18.2 Å². The number of carboxylic acid groups (broad SMARTS) is 1. The van der Waals surface area contributed by atoms with E-state index >= 15 is 4.39 Å². The zero-order valence-corrected chi connectivity index (χ0v) is 22.1. The van der Waals surface area contributed by atoms with Gasteiger partial charge in [-0.15, -0.1) is 0 Å². The molecule has 1 aliphatic carbocycles. The summed E-state index contributed by atoms with van der Waals surface area (Å²) in [6.07, 6.45) is 5.29. The number of benzene rings is 1. The normalized spacial score (nSPS) is 20.6. The molecule has 10 heteroatoms. The van der Waals surface area contributed by atoms with E-state index < -0.39 is 18.0 Å². The maximum absolute atomic E-state index is 15.0. The Kier molecular flexibility index (Phi) is 11.1. The van der Waals surface area contributed by atoms with Gasteiger partial charge in [-0.05, 0) is 45.7 Å². The first-order valence-corrected chi connectivity index (χ1v) is 13.4. The second-order valence-corrected chi connectivity index (χ2v) is 10.3. The van der Waals surface area contributed by atoms with E-state index in [0.717, 1.165) is 45.1 Å². The summed E-state index contributed by atoms with van der Waals surface area (Å²) in [4.78, 5) is 28.7. The first-order valence-electron chi connectivity index (χ1n) is 13.1. The molecule has 0 radical (unpaired) electrons. The number of ether oxygens (including phenoxy) is 1. The van der Waals surface area contributed by atoms with E-state index in [1.54, 1.807) is 12.1 Å². The SMILES string of the molecule is CNC[C@H](C)N(C(=O)N1CCC[C@@H]([C@@H](OCCNC(=O)O)c2cccc(Cl)c2F)C1)C1CCCCC1. The number of hydrogen-bond acceptors (Lipinski definition) is 4. The highest BCUT2D eigenvalue weighted by Crippen LogP contribution is 2.36. The van der Waals surface area contributed by atoms with Crippen molar-refractivity contribution in [2.45, 2.75) is 70.1 Å². The summed E-state index contributed by atoms with van der Waals surface area (Å²) in [6.45, 7) is 4.07. The first-order chi connectivity index (χ1) is 17.3. The van der Waals surface area contributed by atoms with Crippen molar-refractivity contribution in [3.63, 3.8) is 0 Å². The Bertz CT molecular complexity index is 870. The van der Waals surface area contributed by atoms with Crippen molar-refractivity contribution in [2.24, 2.45) is 5.92 Å². The van der Waals surface area contributed by atoms with Gasteiger partial charge in [0.25, 0.3) is 0 Å². The van der Waals surface area contributed by atoms with Crippen LogP contribution in [0.1, 0.15) is 63.5 Å². The molecule has 1 saturated carbocycles. The maximum Gasteiger partial charge on any atom is 0.404 e. The average molecular weight is 527 g/mol. The topological polar surface area (TPSA) is 94.1 Å². The van der Waals surface area contributed by atoms with Gasteiger partial charge in [-0.25, -0.2) is 14.0 Å². The molecule has 1 aromatic carbocycles. The van der Waals surface area contributed by atoms with Gasteiger partial charge in [-0.2, -0.15) is 0 Å². The van der Waals surface area contributed by atoms with Crippen molar-refractivity contribution < 1.29 is 23.8 Å². The molecular weight excluding hydrogens is 487 g/mol. The van der Waals surface area contributed by atoms with E-state index in [2.05, 4.69) is 22.5 Å². The van der Waals surface area contributed by atoms with Crippen LogP contribution < -0.4 is 10.6 Å². The minimum absolute atomic E-state index is 0.0119. The van der Waals surface area contributed by atoms with Crippen LogP contribution in [-0.4, -0.2) is 78.9 Å². The number of urea groups is 1. The lowest BCUT2D eigenvalue weighted by molar-refractivity contribution is -0.0145. The number of carbonyl (C=O) groups excluding carboxylic acids is 1. The van der Waals surface area contributed by atoms with Crippen molar-refractivity contribution >= 4 is 23.7 Å². The van der Waals surface area contributed by atoms with Gasteiger partial charge >= 0.3 is 12.1 Å². The summed E-state index contributed by atoms with van der Waals surface area (Å²) < 4.78 is 21.1. The summed E-state index contributed by atoms with van der Waals surface area (Å²) in [6, 6.07) is 5.15. The van der Waals surface area contributed by atoms with Crippen molar-refractivity contribution in [3.05, 3.63) is 34.6 Å². The fourth-order valence-electron chi connectivity index (χ4n) is 5.62. The van der Waals surface area contributed by atoms with Gasteiger partial charge in [-0.1, -0.05) is 43.0 Å². The van der Waals surface area contributed by atoms with Gasteiger partial charge in [0, 0.05) is 49.7 Å². The average Bonchev–Trinajstić information content (AvgIpc) is 2.87. The lowest BCUT2D eigenvalue weighted by Gasteiger charge is -2.44. The van der Waals surface area contributed by atoms with Crippen LogP contribution in [0.4, 0.5) is 14.0 Å². The van der Waals surface area contributed by atoms with E-state index in [1.807, 2.05) is 11.9 Å². The monoisotopic (exact) mass is 526 g/mol. The summed E-state index contributed by atoms with van der Waals surface area (Å²) in [5.74, 6) is -0.682. The van der Waals surface area contributed by atoms with Crippen LogP contribution >= 0.6 is 11.6 Å². The van der Waals surface area contributed by atoms with Crippen LogP contribution in [0, 0.1) is 11.7 Å². The molecule has 8 nitrogen and oxygen atoms in total. The van der Waals surface area contributed by atoms with Crippen LogP contribution in [0.5, 0.6) is 0 Å². The second kappa shape index (κ2) is 14.0. The number of halogens is 2. The third-order valence-electron chi connectivity index (χ3n) is 7.28. The molecule has 0 aromatic heterocycles. The molecule has 0 bridgehead atoms. The van der Waals surface area contributed by atoms with Gasteiger partial charge < -0.3 is 30.3 Å². The van der Waals surface area contributed by atoms with Crippen molar-refractivity contribution in [1.82, 2.24) is 20.4 Å². The molecule has 0 spiro atoms. The molecule has 202 valence electrons. The fraction of sp³-hybridized carbons (Fsp3) is 0.692. The van der Waals surface area contributed by atoms with Crippen LogP contribution in [-0.2, 0) is 4.74 Å². The zero-order chi connectivity index (χ0) is 26.1. The highest BCUT2D eigenvalue weighted by atomic mass is 35.5. The molecule has 36 heavy (non-hydrogen) atoms. The standard InChI is InChI=1S/C26H40ClFN4O4/c1-18(16-29-2)32(20-9-4-3-5-10-20)26(35)31-14-7-8-19(17-31)24(36-15-13-30-25(33)34)21-11-6-12-22(27)23(21)28/h6,11-12,18-20,24,29-30H,3-5,7-10,13-17H2,1-2H3,(H,33,34)/t18-,19+,24+/m0/s1. The Labute approximate surface area is 218 Å². The lowest BCUT2D eigenvalue weighted by Crippen LogP contribution is -2.56. The molecule has 2 fully saturated rings. The summed E-state index contributed by atoms with van der Waals surface area (Å²) >= 11 is 6.07. The molecule has 0 unspecified atom stereocenters. The second-order valence-electron chi connectivity index (χ2n) is 9.90. The van der Waals surface area contributed by atoms with Gasteiger partial charge in [0.1, 0.15) is 5.82 Å². The van der Waals surface area contributed by atoms with Crippen molar-refractivity contribution in [1.29, 1.82) is 0 Å². The van der Waals surface area contributed by atoms with Gasteiger partial charge in [0.05, 0.1) is 17.7 Å². The van der Waals surface area contributed by atoms with Crippen LogP contribution in [0.25, 0.3) is 0 Å². The third-order valence-corrected chi connectivity index (χ3v) is 7.58. The lowest BCUT2D eigenvalue weighted by atomic mass is 9.88. The molecule has 1 aliphatic heterocycles. The highest BCUT2D eigenvalue weighted by molar-refractivity contribution is 6.30. The van der Waals surface area contributed by atoms with Crippen LogP contribution in [0.3, 0.4) is 0 Å². The first kappa shape index (κ1) is 28.5. The fourth-order valence-corrected chi connectivity index (χ4v) is 5.80. The molecule has 1 aromatic rings. The Hall–Kier alpha value is -2.10. The molecule has 1 heterocycles. The Morgan fingerprint density at radius 1 is 1.25 bits per heavy atom. The molecule has 3 N–H and O–H groups in total. The zero-order valence-electron chi connectivity index (χ0n) is 21.3. The molecule has 3 rings (SSSR count). The number of likely N-dealkylation sites (N-methyl/N-ethyl adjacent to an activating group) is 1. The summed E-state index contributed by atoms with van der Waals surface area (Å²) in [5, 5.41) is 14.4. The Balaban J connectivity index is 1.79. The minimum atomic E-state index is -1.14. The molecule has 2 aliphatic rings. The molecule has 1 saturated heterocycles. The number of carbonyl (C=O) groups is 2. The van der Waals surface area contributed by atoms with Crippen molar-refractivity contribution in [3.8, 4) is 0 Å². The van der Waals surface area contributed by atoms with Gasteiger partial charge in [0.15, 0.2) is 0 Å². The summed E-state index contributed by atoms with van der Waals surface area (Å²) in [7, 11) is 1.90. The smallest absolute Gasteiger partial charge is 0.404 e. The minimum Gasteiger partial charge on any atom is -0.465 e. The van der Waals surface area contributed by atoms with E-state index in [1.165, 1.54) is 12.5 Å². The highest BCUT2D eigenvalue weighted by Gasteiger charge is 2.37.